The minimum Gasteiger partial charge on any atom is -0.310 e. The molecule has 4 nitrogen and oxygen atoms in total. The van der Waals surface area contributed by atoms with Gasteiger partial charge in [-0.3, -0.25) is 0 Å². The lowest BCUT2D eigenvalue weighted by Gasteiger charge is -2.21. The van der Waals surface area contributed by atoms with E-state index in [-0.39, 0.29) is 5.38 Å². The first-order valence-electron chi connectivity index (χ1n) is 6.22. The van der Waals surface area contributed by atoms with Crippen molar-refractivity contribution >= 4 is 38.7 Å². The van der Waals surface area contributed by atoms with Crippen molar-refractivity contribution < 1.29 is 0 Å². The van der Waals surface area contributed by atoms with Crippen LogP contribution in [0.3, 0.4) is 0 Å². The molecule has 0 saturated heterocycles. The molecule has 2 atom stereocenters. The van der Waals surface area contributed by atoms with Gasteiger partial charge in [0.1, 0.15) is 11.3 Å². The van der Waals surface area contributed by atoms with Crippen LogP contribution in [0.15, 0.2) is 16.7 Å². The van der Waals surface area contributed by atoms with E-state index in [1.807, 2.05) is 13.0 Å². The second-order valence-corrected chi connectivity index (χ2v) is 6.58. The highest BCUT2D eigenvalue weighted by Crippen LogP contribution is 2.25. The van der Waals surface area contributed by atoms with Crippen molar-refractivity contribution in [1.29, 1.82) is 0 Å². The lowest BCUT2D eigenvalue weighted by molar-refractivity contribution is 0.283. The van der Waals surface area contributed by atoms with Gasteiger partial charge >= 0.3 is 0 Å². The predicted molar refractivity (Wildman–Crippen MR) is 82.6 cm³/mol. The lowest BCUT2D eigenvalue weighted by atomic mass is 10.3. The van der Waals surface area contributed by atoms with Crippen LogP contribution in [0.2, 0.25) is 0 Å². The van der Waals surface area contributed by atoms with Crippen LogP contribution in [-0.4, -0.2) is 39.6 Å². The molecule has 2 aromatic heterocycles. The summed E-state index contributed by atoms with van der Waals surface area (Å²) in [5.74, 6) is 0.871. The monoisotopic (exact) mass is 344 g/mol. The summed E-state index contributed by atoms with van der Waals surface area (Å²) >= 11 is 9.67. The van der Waals surface area contributed by atoms with E-state index in [4.69, 9.17) is 11.6 Å². The fourth-order valence-electron chi connectivity index (χ4n) is 1.92. The fourth-order valence-corrected chi connectivity index (χ4v) is 2.40. The summed E-state index contributed by atoms with van der Waals surface area (Å²) in [6, 6.07) is 2.36. The molecule has 104 valence electrons. The van der Waals surface area contributed by atoms with Crippen LogP contribution in [0.25, 0.3) is 11.2 Å². The molecule has 6 heteroatoms. The number of halogens is 2. The normalized spacial score (nSPS) is 15.1. The zero-order chi connectivity index (χ0) is 14.2. The maximum Gasteiger partial charge on any atom is 0.160 e. The predicted octanol–water partition coefficient (Wildman–Crippen LogP) is 3.44. The van der Waals surface area contributed by atoms with Crippen molar-refractivity contribution in [1.82, 2.24) is 19.4 Å². The average Bonchev–Trinajstić information content (AvgIpc) is 2.67. The highest BCUT2D eigenvalue weighted by atomic mass is 79.9. The van der Waals surface area contributed by atoms with E-state index in [9.17, 15) is 0 Å². The lowest BCUT2D eigenvalue weighted by Crippen LogP contribution is -2.30. The van der Waals surface area contributed by atoms with Crippen LogP contribution in [0, 0.1) is 0 Å². The van der Waals surface area contributed by atoms with E-state index >= 15 is 0 Å². The summed E-state index contributed by atoms with van der Waals surface area (Å²) in [6.07, 6.45) is 1.80. The maximum atomic E-state index is 6.25. The van der Waals surface area contributed by atoms with Crippen LogP contribution >= 0.6 is 27.5 Å². The average molecular weight is 346 g/mol. The fraction of sp³-hybridized carbons (Fsp3) is 0.538. The van der Waals surface area contributed by atoms with E-state index in [1.165, 1.54) is 0 Å². The number of pyridine rings is 1. The van der Waals surface area contributed by atoms with Crippen molar-refractivity contribution in [3.63, 3.8) is 0 Å². The van der Waals surface area contributed by atoms with Gasteiger partial charge in [0.15, 0.2) is 5.65 Å². The number of aromatic nitrogens is 3. The van der Waals surface area contributed by atoms with Crippen molar-refractivity contribution in [3.05, 3.63) is 22.6 Å². The van der Waals surface area contributed by atoms with Gasteiger partial charge in [0.05, 0.1) is 5.38 Å². The van der Waals surface area contributed by atoms with Gasteiger partial charge in [-0.05, 0) is 49.9 Å². The summed E-state index contributed by atoms with van der Waals surface area (Å²) in [4.78, 5) is 11.3. The molecule has 0 aliphatic rings. The minimum atomic E-state index is -0.137. The Kier molecular flexibility index (Phi) is 4.48. The van der Waals surface area contributed by atoms with Crippen molar-refractivity contribution in [2.45, 2.75) is 31.8 Å². The first kappa shape index (κ1) is 14.8. The molecule has 2 heterocycles. The first-order chi connectivity index (χ1) is 8.90. The topological polar surface area (TPSA) is 34.0 Å². The molecule has 2 unspecified atom stereocenters. The van der Waals surface area contributed by atoms with E-state index < -0.39 is 0 Å². The minimum absolute atomic E-state index is 0.137. The molecule has 0 aliphatic heterocycles. The Labute approximate surface area is 126 Å². The van der Waals surface area contributed by atoms with Gasteiger partial charge < -0.3 is 9.47 Å². The number of alkyl halides is 1. The molecule has 0 aromatic carbocycles. The summed E-state index contributed by atoms with van der Waals surface area (Å²) in [5, 5.41) is -0.137. The second-order valence-electron chi connectivity index (χ2n) is 5.01. The molecule has 2 aromatic rings. The van der Waals surface area contributed by atoms with Gasteiger partial charge in [-0.2, -0.15) is 0 Å². The Bertz CT molecular complexity index is 579. The molecule has 0 radical (unpaired) electrons. The van der Waals surface area contributed by atoms with Gasteiger partial charge in [0, 0.05) is 23.3 Å². The van der Waals surface area contributed by atoms with Crippen LogP contribution in [0.5, 0.6) is 0 Å². The van der Waals surface area contributed by atoms with E-state index in [2.05, 4.69) is 56.4 Å². The van der Waals surface area contributed by atoms with Gasteiger partial charge in [0.25, 0.3) is 0 Å². The Morgan fingerprint density at radius 2 is 2.11 bits per heavy atom. The van der Waals surface area contributed by atoms with E-state index in [0.717, 1.165) is 28.0 Å². The largest absolute Gasteiger partial charge is 0.310 e. The summed E-state index contributed by atoms with van der Waals surface area (Å²) in [6.45, 7) is 4.94. The van der Waals surface area contributed by atoms with Gasteiger partial charge in [-0.1, -0.05) is 0 Å². The standard InChI is InChI=1S/C13H18BrClN4/c1-8(18(3)4)7-19-12(9(2)15)17-11-5-10(14)6-16-13(11)19/h5-6,8-9H,7H2,1-4H3. The van der Waals surface area contributed by atoms with Crippen LogP contribution in [-0.2, 0) is 6.54 Å². The van der Waals surface area contributed by atoms with Crippen molar-refractivity contribution in [2.75, 3.05) is 14.1 Å². The number of hydrogen-bond donors (Lipinski definition) is 0. The van der Waals surface area contributed by atoms with Crippen molar-refractivity contribution in [3.8, 4) is 0 Å². The maximum absolute atomic E-state index is 6.25. The van der Waals surface area contributed by atoms with Crippen LogP contribution in [0.1, 0.15) is 25.0 Å². The summed E-state index contributed by atoms with van der Waals surface area (Å²) in [5.41, 5.74) is 1.77. The third-order valence-electron chi connectivity index (χ3n) is 3.27. The van der Waals surface area contributed by atoms with Crippen LogP contribution in [0.4, 0.5) is 0 Å². The zero-order valence-electron chi connectivity index (χ0n) is 11.6. The van der Waals surface area contributed by atoms with E-state index in [1.54, 1.807) is 6.20 Å². The van der Waals surface area contributed by atoms with Gasteiger partial charge in [0.2, 0.25) is 0 Å². The highest BCUT2D eigenvalue weighted by Gasteiger charge is 2.18. The third-order valence-corrected chi connectivity index (χ3v) is 3.89. The molecule has 0 amide bonds. The second kappa shape index (κ2) is 5.77. The molecule has 0 saturated carbocycles. The van der Waals surface area contributed by atoms with Crippen LogP contribution < -0.4 is 0 Å². The highest BCUT2D eigenvalue weighted by molar-refractivity contribution is 9.10. The van der Waals surface area contributed by atoms with Gasteiger partial charge in [-0.25, -0.2) is 9.97 Å². The Hall–Kier alpha value is -0.650. The number of hydrogen-bond acceptors (Lipinski definition) is 3. The summed E-state index contributed by atoms with van der Waals surface area (Å²) in [7, 11) is 4.13. The SMILES string of the molecule is CC(Cl)c1nc2cc(Br)cnc2n1CC(C)N(C)C. The van der Waals surface area contributed by atoms with Gasteiger partial charge in [-0.15, -0.1) is 11.6 Å². The molecule has 0 bridgehead atoms. The molecule has 19 heavy (non-hydrogen) atoms. The molecule has 0 spiro atoms. The molecule has 0 fully saturated rings. The summed E-state index contributed by atoms with van der Waals surface area (Å²) < 4.78 is 3.04. The quantitative estimate of drug-likeness (QED) is 0.796. The Balaban J connectivity index is 2.52. The molecule has 2 rings (SSSR count). The smallest absolute Gasteiger partial charge is 0.160 e. The molecular weight excluding hydrogens is 328 g/mol. The van der Waals surface area contributed by atoms with Crippen molar-refractivity contribution in [2.24, 2.45) is 0 Å². The molecule has 0 aliphatic carbocycles. The number of likely N-dealkylation sites (N-methyl/N-ethyl adjacent to an activating group) is 1. The third kappa shape index (κ3) is 3.09. The Morgan fingerprint density at radius 1 is 1.42 bits per heavy atom. The Morgan fingerprint density at radius 3 is 2.68 bits per heavy atom. The van der Waals surface area contributed by atoms with E-state index in [0.29, 0.717) is 6.04 Å². The number of imidazole rings is 1. The number of nitrogens with zero attached hydrogens (tertiary/aromatic N) is 4. The molecule has 0 N–H and O–H groups in total. The number of fused-ring (bicyclic) bond motifs is 1. The zero-order valence-corrected chi connectivity index (χ0v) is 13.9. The number of rotatable bonds is 4. The molecular formula is C13H18BrClN4. The first-order valence-corrected chi connectivity index (χ1v) is 7.45.